The quantitative estimate of drug-likeness (QED) is 0.445. The number of nitrogens with one attached hydrogen (secondary N) is 2. The highest BCUT2D eigenvalue weighted by molar-refractivity contribution is 5.79. The van der Waals surface area contributed by atoms with Gasteiger partial charge in [0.05, 0.1) is 6.42 Å². The van der Waals surface area contributed by atoms with Crippen molar-refractivity contribution in [3.8, 4) is 11.1 Å². The Hall–Kier alpha value is -3.35. The number of hydrogen-bond acceptors (Lipinski definition) is 4. The summed E-state index contributed by atoms with van der Waals surface area (Å²) in [5, 5.41) is 14.1. The van der Waals surface area contributed by atoms with Crippen LogP contribution in [0.15, 0.2) is 48.5 Å². The molecule has 1 unspecified atom stereocenters. The van der Waals surface area contributed by atoms with Crippen molar-refractivity contribution in [2.24, 2.45) is 5.92 Å². The molecule has 176 valence electrons. The number of fused-ring (bicyclic) bond motifs is 3. The number of amides is 2. The molecule has 7 nitrogen and oxygen atoms in total. The smallest absolute Gasteiger partial charge is 0.407 e. The Kier molecular flexibility index (Phi) is 8.87. The number of carbonyl (C=O) groups is 3. The molecule has 1 atom stereocenters. The summed E-state index contributed by atoms with van der Waals surface area (Å²) in [6, 6.07) is 16.4. The zero-order valence-electron chi connectivity index (χ0n) is 19.0. The second-order valence-electron chi connectivity index (χ2n) is 8.35. The summed E-state index contributed by atoms with van der Waals surface area (Å²) >= 11 is 0. The summed E-state index contributed by atoms with van der Waals surface area (Å²) in [4.78, 5) is 34.6. The lowest BCUT2D eigenvalue weighted by Gasteiger charge is -2.16. The highest BCUT2D eigenvalue weighted by Crippen LogP contribution is 2.44. The molecular weight excluding hydrogens is 420 g/mol. The molecule has 33 heavy (non-hydrogen) atoms. The Labute approximate surface area is 194 Å². The highest BCUT2D eigenvalue weighted by Gasteiger charge is 2.28. The van der Waals surface area contributed by atoms with Crippen molar-refractivity contribution in [1.82, 2.24) is 10.6 Å². The molecule has 0 aromatic heterocycles. The maximum absolute atomic E-state index is 12.3. The molecule has 0 bridgehead atoms. The van der Waals surface area contributed by atoms with E-state index in [9.17, 15) is 14.4 Å². The minimum Gasteiger partial charge on any atom is -0.481 e. The van der Waals surface area contributed by atoms with Crippen LogP contribution < -0.4 is 10.6 Å². The van der Waals surface area contributed by atoms with Gasteiger partial charge in [-0.25, -0.2) is 4.79 Å². The highest BCUT2D eigenvalue weighted by atomic mass is 16.5. The Morgan fingerprint density at radius 2 is 1.55 bits per heavy atom. The number of carboxylic acids is 1. The average Bonchev–Trinajstić information content (AvgIpc) is 3.13. The lowest BCUT2D eigenvalue weighted by atomic mass is 9.96. The first-order valence-electron chi connectivity index (χ1n) is 11.6. The lowest BCUT2D eigenvalue weighted by molar-refractivity contribution is -0.136. The minimum atomic E-state index is -0.930. The second-order valence-corrected chi connectivity index (χ2v) is 8.35. The molecule has 2 amide bonds. The van der Waals surface area contributed by atoms with Crippen LogP contribution in [0, 0.1) is 5.92 Å². The van der Waals surface area contributed by atoms with E-state index in [1.54, 1.807) is 0 Å². The third-order valence-corrected chi connectivity index (χ3v) is 6.18. The normalized spacial score (nSPS) is 13.0. The van der Waals surface area contributed by atoms with Gasteiger partial charge in [0, 0.05) is 25.4 Å². The Morgan fingerprint density at radius 1 is 0.909 bits per heavy atom. The predicted molar refractivity (Wildman–Crippen MR) is 126 cm³/mol. The van der Waals surface area contributed by atoms with E-state index >= 15 is 0 Å². The fourth-order valence-corrected chi connectivity index (χ4v) is 4.31. The Balaban J connectivity index is 1.39. The summed E-state index contributed by atoms with van der Waals surface area (Å²) in [6.07, 6.45) is 2.19. The summed E-state index contributed by atoms with van der Waals surface area (Å²) in [5.41, 5.74) is 4.75. The van der Waals surface area contributed by atoms with E-state index in [2.05, 4.69) is 41.8 Å². The van der Waals surface area contributed by atoms with Crippen molar-refractivity contribution in [1.29, 1.82) is 0 Å². The number of aliphatic carboxylic acids is 1. The Bertz CT molecular complexity index is 929. The average molecular weight is 453 g/mol. The van der Waals surface area contributed by atoms with Crippen LogP contribution in [-0.4, -0.2) is 42.8 Å². The van der Waals surface area contributed by atoms with Crippen molar-refractivity contribution in [3.63, 3.8) is 0 Å². The van der Waals surface area contributed by atoms with E-state index in [0.717, 1.165) is 12.8 Å². The minimum absolute atomic E-state index is 0.0335. The molecule has 7 heteroatoms. The van der Waals surface area contributed by atoms with Crippen LogP contribution in [0.25, 0.3) is 11.1 Å². The zero-order chi connectivity index (χ0) is 23.6. The molecule has 3 N–H and O–H groups in total. The maximum Gasteiger partial charge on any atom is 0.407 e. The third-order valence-electron chi connectivity index (χ3n) is 6.18. The number of carbonyl (C=O) groups excluding carboxylic acids is 2. The van der Waals surface area contributed by atoms with Crippen LogP contribution >= 0.6 is 0 Å². The summed E-state index contributed by atoms with van der Waals surface area (Å²) in [7, 11) is 0. The maximum atomic E-state index is 12.3. The molecule has 0 spiro atoms. The van der Waals surface area contributed by atoms with Gasteiger partial charge in [-0.1, -0.05) is 61.9 Å². The van der Waals surface area contributed by atoms with Gasteiger partial charge in [-0.15, -0.1) is 0 Å². The zero-order valence-corrected chi connectivity index (χ0v) is 19.0. The molecule has 0 saturated carbocycles. The molecule has 0 fully saturated rings. The molecule has 2 aromatic rings. The topological polar surface area (TPSA) is 105 Å². The van der Waals surface area contributed by atoms with Crippen LogP contribution in [0.2, 0.25) is 0 Å². The summed E-state index contributed by atoms with van der Waals surface area (Å²) < 4.78 is 5.55. The van der Waals surface area contributed by atoms with E-state index in [1.807, 2.05) is 24.3 Å². The largest absolute Gasteiger partial charge is 0.481 e. The van der Waals surface area contributed by atoms with Crippen molar-refractivity contribution in [2.45, 2.75) is 44.9 Å². The summed E-state index contributed by atoms with van der Waals surface area (Å²) in [5.74, 6) is -0.740. The first-order valence-corrected chi connectivity index (χ1v) is 11.6. The fraction of sp³-hybridized carbons (Fsp3) is 0.423. The van der Waals surface area contributed by atoms with Crippen LogP contribution in [0.4, 0.5) is 4.79 Å². The van der Waals surface area contributed by atoms with Crippen LogP contribution in [-0.2, 0) is 14.3 Å². The van der Waals surface area contributed by atoms with Crippen molar-refractivity contribution in [3.05, 3.63) is 59.7 Å². The van der Waals surface area contributed by atoms with Crippen molar-refractivity contribution >= 4 is 18.0 Å². The number of alkyl carbamates (subject to hydrolysis) is 1. The fourth-order valence-electron chi connectivity index (χ4n) is 4.31. The SMILES string of the molecule is CCC(CCNC(=O)OCC1c2ccccc2-c2ccccc21)CCC(=O)NCCC(=O)O. The third kappa shape index (κ3) is 6.81. The van der Waals surface area contributed by atoms with Crippen LogP contribution in [0.3, 0.4) is 0 Å². The molecule has 0 heterocycles. The molecule has 2 aromatic carbocycles. The number of ether oxygens (including phenoxy) is 1. The van der Waals surface area contributed by atoms with Gasteiger partial charge in [0.25, 0.3) is 0 Å². The molecule has 0 radical (unpaired) electrons. The molecule has 1 aliphatic rings. The van der Waals surface area contributed by atoms with E-state index in [4.69, 9.17) is 9.84 Å². The summed E-state index contributed by atoms with van der Waals surface area (Å²) in [6.45, 7) is 2.97. The van der Waals surface area contributed by atoms with Crippen LogP contribution in [0.1, 0.15) is 56.1 Å². The Morgan fingerprint density at radius 3 is 2.15 bits per heavy atom. The van der Waals surface area contributed by atoms with Crippen LogP contribution in [0.5, 0.6) is 0 Å². The van der Waals surface area contributed by atoms with Gasteiger partial charge >= 0.3 is 12.1 Å². The van der Waals surface area contributed by atoms with Gasteiger partial charge in [0.1, 0.15) is 6.61 Å². The van der Waals surface area contributed by atoms with Gasteiger partial charge in [-0.2, -0.15) is 0 Å². The van der Waals surface area contributed by atoms with Gasteiger partial charge < -0.3 is 20.5 Å². The van der Waals surface area contributed by atoms with Gasteiger partial charge in [0.15, 0.2) is 0 Å². The van der Waals surface area contributed by atoms with E-state index in [1.165, 1.54) is 22.3 Å². The van der Waals surface area contributed by atoms with E-state index in [0.29, 0.717) is 25.3 Å². The lowest BCUT2D eigenvalue weighted by Crippen LogP contribution is -2.29. The standard InChI is InChI=1S/C26H32N2O5/c1-2-18(11-12-24(29)27-16-14-25(30)31)13-15-28-26(32)33-17-23-21-9-5-3-7-19(21)20-8-4-6-10-22(20)23/h3-10,18,23H,2,11-17H2,1H3,(H,27,29)(H,28,32)(H,30,31). The molecule has 3 rings (SSSR count). The number of benzene rings is 2. The number of carboxylic acid groups (broad SMARTS) is 1. The monoisotopic (exact) mass is 452 g/mol. The van der Waals surface area contributed by atoms with E-state index in [-0.39, 0.29) is 31.4 Å². The molecular formula is C26H32N2O5. The first-order chi connectivity index (χ1) is 16.0. The van der Waals surface area contributed by atoms with Crippen molar-refractivity contribution < 1.29 is 24.2 Å². The predicted octanol–water partition coefficient (Wildman–Crippen LogP) is 4.31. The van der Waals surface area contributed by atoms with Crippen molar-refractivity contribution in [2.75, 3.05) is 19.7 Å². The number of rotatable bonds is 12. The van der Waals surface area contributed by atoms with E-state index < -0.39 is 12.1 Å². The molecule has 0 saturated heterocycles. The number of hydrogen-bond donors (Lipinski definition) is 3. The molecule has 0 aliphatic heterocycles. The van der Waals surface area contributed by atoms with Gasteiger partial charge in [-0.05, 0) is 41.0 Å². The van der Waals surface area contributed by atoms with Gasteiger partial charge in [-0.3, -0.25) is 9.59 Å². The van der Waals surface area contributed by atoms with Gasteiger partial charge in [0.2, 0.25) is 5.91 Å². The second kappa shape index (κ2) is 12.0. The first kappa shape index (κ1) is 24.3. The molecule has 1 aliphatic carbocycles.